The molecule has 1 atom stereocenters. The molecule has 3 aromatic carbocycles. The molecular weight excluding hydrogens is 602 g/mol. The van der Waals surface area contributed by atoms with Gasteiger partial charge in [-0.05, 0) is 79.6 Å². The number of imide groups is 2. The van der Waals surface area contributed by atoms with Crippen LogP contribution in [0.1, 0.15) is 70.4 Å². The third-order valence-electron chi connectivity index (χ3n) is 7.89. The molecule has 1 saturated heterocycles. The zero-order chi connectivity index (χ0) is 33.2. The molecule has 0 spiro atoms. The smallest absolute Gasteiger partial charge is 0.344 e. The number of benzene rings is 3. The van der Waals surface area contributed by atoms with Crippen molar-refractivity contribution in [3.8, 4) is 11.5 Å². The van der Waals surface area contributed by atoms with E-state index in [-0.39, 0.29) is 36.3 Å². The number of ether oxygens (including phenoxy) is 3. The predicted molar refractivity (Wildman–Crippen MR) is 175 cm³/mol. The van der Waals surface area contributed by atoms with E-state index in [0.29, 0.717) is 13.0 Å². The van der Waals surface area contributed by atoms with E-state index in [1.807, 2.05) is 43.4 Å². The van der Waals surface area contributed by atoms with Gasteiger partial charge in [-0.3, -0.25) is 29.4 Å². The topological polar surface area (TPSA) is 140 Å². The lowest BCUT2D eigenvalue weighted by Gasteiger charge is -2.27. The van der Waals surface area contributed by atoms with E-state index in [0.717, 1.165) is 46.7 Å². The molecule has 1 unspecified atom stereocenters. The monoisotopic (exact) mass is 639 g/mol. The number of rotatable bonds is 15. The molecule has 11 heteroatoms. The second-order valence-corrected chi connectivity index (χ2v) is 11.2. The van der Waals surface area contributed by atoms with Gasteiger partial charge in [-0.25, -0.2) is 4.79 Å². The third kappa shape index (κ3) is 8.43. The Bertz CT molecular complexity index is 1650. The average Bonchev–Trinajstić information content (AvgIpc) is 3.34. The predicted octanol–water partition coefficient (Wildman–Crippen LogP) is 4.86. The maximum Gasteiger partial charge on any atom is 0.344 e. The fraction of sp³-hybridized carbons (Fsp3) is 0.306. The number of carbonyl (C=O) groups is 5. The molecule has 2 aliphatic rings. The van der Waals surface area contributed by atoms with Crippen molar-refractivity contribution in [1.29, 1.82) is 0 Å². The van der Waals surface area contributed by atoms with Crippen LogP contribution in [0.2, 0.25) is 0 Å². The minimum absolute atomic E-state index is 0.0170. The number of anilines is 1. The van der Waals surface area contributed by atoms with Crippen LogP contribution >= 0.6 is 0 Å². The fourth-order valence-electron chi connectivity index (χ4n) is 5.34. The van der Waals surface area contributed by atoms with Gasteiger partial charge in [-0.1, -0.05) is 42.5 Å². The molecule has 4 amide bonds. The van der Waals surface area contributed by atoms with Crippen LogP contribution in [0.15, 0.2) is 66.7 Å². The van der Waals surface area contributed by atoms with E-state index in [4.69, 9.17) is 14.2 Å². The van der Waals surface area contributed by atoms with Gasteiger partial charge >= 0.3 is 5.97 Å². The Hall–Kier alpha value is -5.45. The number of nitrogens with zero attached hydrogens (tertiary/aromatic N) is 1. The maximum absolute atomic E-state index is 13.1. The molecule has 0 aromatic heterocycles. The Labute approximate surface area is 272 Å². The molecule has 2 N–H and O–H groups in total. The number of unbranched alkanes of at least 4 members (excludes halogenated alkanes) is 3. The Kier molecular flexibility index (Phi) is 11.0. The van der Waals surface area contributed by atoms with Gasteiger partial charge in [-0.2, -0.15) is 0 Å². The number of piperidine rings is 1. The molecule has 0 bridgehead atoms. The van der Waals surface area contributed by atoms with E-state index >= 15 is 0 Å². The van der Waals surface area contributed by atoms with Gasteiger partial charge < -0.3 is 19.5 Å². The lowest BCUT2D eigenvalue weighted by atomic mass is 10.0. The normalized spacial score (nSPS) is 15.9. The van der Waals surface area contributed by atoms with Crippen molar-refractivity contribution in [2.75, 3.05) is 32.2 Å². The molecule has 2 heterocycles. The largest absolute Gasteiger partial charge is 0.494 e. The lowest BCUT2D eigenvalue weighted by Crippen LogP contribution is -2.54. The van der Waals surface area contributed by atoms with Crippen molar-refractivity contribution >= 4 is 47.4 Å². The highest BCUT2D eigenvalue weighted by atomic mass is 16.6. The van der Waals surface area contributed by atoms with Crippen LogP contribution in [0.5, 0.6) is 11.5 Å². The summed E-state index contributed by atoms with van der Waals surface area (Å²) < 4.78 is 16.7. The van der Waals surface area contributed by atoms with Crippen LogP contribution in [0.25, 0.3) is 12.2 Å². The highest BCUT2D eigenvalue weighted by Crippen LogP contribution is 2.33. The van der Waals surface area contributed by atoms with Crippen molar-refractivity contribution < 1.29 is 38.2 Å². The first-order valence-electron chi connectivity index (χ1n) is 15.7. The first-order chi connectivity index (χ1) is 22.8. The summed E-state index contributed by atoms with van der Waals surface area (Å²) in [6.07, 6.45) is 7.52. The van der Waals surface area contributed by atoms with E-state index < -0.39 is 42.2 Å². The zero-order valence-electron chi connectivity index (χ0n) is 26.2. The fourth-order valence-corrected chi connectivity index (χ4v) is 5.34. The Morgan fingerprint density at radius 1 is 0.851 bits per heavy atom. The molecule has 0 radical (unpaired) electrons. The summed E-state index contributed by atoms with van der Waals surface area (Å²) in [5.41, 5.74) is 3.34. The lowest BCUT2D eigenvalue weighted by molar-refractivity contribution is -0.146. The molecule has 2 aliphatic heterocycles. The number of nitrogens with one attached hydrogen (secondary N) is 2. The van der Waals surface area contributed by atoms with Gasteiger partial charge in [0.05, 0.1) is 24.3 Å². The number of hydrogen-bond donors (Lipinski definition) is 2. The summed E-state index contributed by atoms with van der Waals surface area (Å²) in [5, 5.41) is 5.27. The van der Waals surface area contributed by atoms with Gasteiger partial charge in [0.2, 0.25) is 11.8 Å². The van der Waals surface area contributed by atoms with Crippen LogP contribution in [-0.4, -0.2) is 67.4 Å². The summed E-state index contributed by atoms with van der Waals surface area (Å²) in [5.74, 6) is -2.24. The SMILES string of the molecule is CNc1ccc(C=Cc2ccc(OCCCCCCOC(=O)COc3cccc4c3C(=O)N(C3CCC(=O)NC3=O)C4=O)cc2)cc1. The zero-order valence-corrected chi connectivity index (χ0v) is 26.2. The van der Waals surface area contributed by atoms with Crippen LogP contribution in [-0.2, 0) is 19.1 Å². The minimum Gasteiger partial charge on any atom is -0.494 e. The van der Waals surface area contributed by atoms with Gasteiger partial charge in [0.15, 0.2) is 6.61 Å². The highest BCUT2D eigenvalue weighted by molar-refractivity contribution is 6.24. The Morgan fingerprint density at radius 3 is 2.21 bits per heavy atom. The number of amides is 4. The summed E-state index contributed by atoms with van der Waals surface area (Å²) in [6.45, 7) is 0.373. The van der Waals surface area contributed by atoms with Crippen molar-refractivity contribution in [2.45, 2.75) is 44.6 Å². The van der Waals surface area contributed by atoms with Crippen LogP contribution in [0, 0.1) is 0 Å². The van der Waals surface area contributed by atoms with E-state index in [1.165, 1.54) is 18.2 Å². The van der Waals surface area contributed by atoms with Crippen molar-refractivity contribution in [3.63, 3.8) is 0 Å². The molecule has 11 nitrogen and oxygen atoms in total. The molecule has 0 aliphatic carbocycles. The van der Waals surface area contributed by atoms with Crippen LogP contribution in [0.4, 0.5) is 5.69 Å². The van der Waals surface area contributed by atoms with E-state index in [2.05, 4.69) is 34.9 Å². The molecule has 5 rings (SSSR count). The van der Waals surface area contributed by atoms with Gasteiger partial charge in [0.1, 0.15) is 17.5 Å². The quantitative estimate of drug-likeness (QED) is 0.103. The van der Waals surface area contributed by atoms with Crippen molar-refractivity contribution in [3.05, 3.63) is 89.0 Å². The number of fused-ring (bicyclic) bond motifs is 1. The first kappa shape index (κ1) is 32.9. The van der Waals surface area contributed by atoms with Gasteiger partial charge in [0, 0.05) is 19.2 Å². The molecule has 47 heavy (non-hydrogen) atoms. The third-order valence-corrected chi connectivity index (χ3v) is 7.89. The Balaban J connectivity index is 0.961. The first-order valence-corrected chi connectivity index (χ1v) is 15.7. The highest BCUT2D eigenvalue weighted by Gasteiger charge is 2.46. The van der Waals surface area contributed by atoms with E-state index in [9.17, 15) is 24.0 Å². The second-order valence-electron chi connectivity index (χ2n) is 11.2. The van der Waals surface area contributed by atoms with Crippen molar-refractivity contribution in [1.82, 2.24) is 10.2 Å². The summed E-state index contributed by atoms with van der Waals surface area (Å²) in [6, 6.07) is 19.5. The number of hydrogen-bond acceptors (Lipinski definition) is 9. The van der Waals surface area contributed by atoms with Gasteiger partial charge in [0.25, 0.3) is 11.8 Å². The van der Waals surface area contributed by atoms with E-state index in [1.54, 1.807) is 0 Å². The average molecular weight is 640 g/mol. The summed E-state index contributed by atoms with van der Waals surface area (Å²) >= 11 is 0. The molecule has 1 fully saturated rings. The molecular formula is C36H37N3O8. The minimum atomic E-state index is -1.09. The summed E-state index contributed by atoms with van der Waals surface area (Å²) in [7, 11) is 1.90. The van der Waals surface area contributed by atoms with Crippen LogP contribution in [0.3, 0.4) is 0 Å². The maximum atomic E-state index is 13.1. The van der Waals surface area contributed by atoms with Crippen LogP contribution < -0.4 is 20.1 Å². The molecule has 3 aromatic rings. The standard InChI is InChI=1S/C36H37N3O8/c1-37-26-15-11-24(12-16-26)9-10-25-13-17-27(18-14-25)45-21-4-2-3-5-22-46-32(41)23-47-30-8-6-7-28-33(30)36(44)39(35(28)43)29-19-20-31(40)38-34(29)42/h6-18,29,37H,2-5,19-23H2,1H3,(H,38,40,42). The van der Waals surface area contributed by atoms with Crippen molar-refractivity contribution in [2.24, 2.45) is 0 Å². The number of esters is 1. The summed E-state index contributed by atoms with van der Waals surface area (Å²) in [4.78, 5) is 63.0. The molecule has 244 valence electrons. The second kappa shape index (κ2) is 15.7. The number of carbonyl (C=O) groups excluding carboxylic acids is 5. The molecule has 0 saturated carbocycles. The van der Waals surface area contributed by atoms with Gasteiger partial charge in [-0.15, -0.1) is 0 Å². The Morgan fingerprint density at radius 2 is 1.53 bits per heavy atom.